The molecule has 0 spiro atoms. The molecule has 2 N–H and O–H groups in total. The third kappa shape index (κ3) is 4.00. The first kappa shape index (κ1) is 20.7. The van der Waals surface area contributed by atoms with Crippen LogP contribution in [0.5, 0.6) is 0 Å². The molecule has 0 bridgehead atoms. The van der Waals surface area contributed by atoms with Crippen molar-refractivity contribution in [2.24, 2.45) is 5.73 Å². The third-order valence-corrected chi connectivity index (χ3v) is 5.82. The van der Waals surface area contributed by atoms with E-state index in [1.165, 1.54) is 6.07 Å². The second-order valence-corrected chi connectivity index (χ2v) is 7.21. The molecule has 1 aliphatic heterocycles. The van der Waals surface area contributed by atoms with Gasteiger partial charge in [-0.1, -0.05) is 6.42 Å². The van der Waals surface area contributed by atoms with Crippen molar-refractivity contribution < 1.29 is 21.6 Å². The van der Waals surface area contributed by atoms with Gasteiger partial charge in [0.1, 0.15) is 0 Å². The first-order chi connectivity index (χ1) is 10.7. The van der Waals surface area contributed by atoms with Crippen molar-refractivity contribution in [2.75, 3.05) is 13.1 Å². The standard InChI is InChI=1S/C14H16F3N3O2S.ClH/c15-14(16,17)13-7-12(5-4-10(13)8-18)23(21,22)20-6-2-1-3-11(20)9-19;/h4-5,7,11H,1-3,6,9,19H2;1H. The zero-order valence-corrected chi connectivity index (χ0v) is 14.2. The number of hydrogen-bond acceptors (Lipinski definition) is 4. The SMILES string of the molecule is Cl.N#Cc1ccc(S(=O)(=O)N2CCCCC2CN)cc1C(F)(F)F. The highest BCUT2D eigenvalue weighted by Crippen LogP contribution is 2.34. The van der Waals surface area contributed by atoms with E-state index in [1.54, 1.807) is 0 Å². The van der Waals surface area contributed by atoms with Crippen LogP contribution >= 0.6 is 12.4 Å². The summed E-state index contributed by atoms with van der Waals surface area (Å²) < 4.78 is 65.5. The number of halogens is 4. The van der Waals surface area contributed by atoms with E-state index in [2.05, 4.69) is 0 Å². The molecule has 0 radical (unpaired) electrons. The zero-order chi connectivity index (χ0) is 17.3. The summed E-state index contributed by atoms with van der Waals surface area (Å²) in [6.07, 6.45) is -2.75. The van der Waals surface area contributed by atoms with Crippen LogP contribution in [0.3, 0.4) is 0 Å². The molecule has 1 unspecified atom stereocenters. The molecular formula is C14H17ClF3N3O2S. The average Bonchev–Trinajstić information content (AvgIpc) is 2.53. The summed E-state index contributed by atoms with van der Waals surface area (Å²) in [6.45, 7) is 0.340. The van der Waals surface area contributed by atoms with E-state index >= 15 is 0 Å². The predicted molar refractivity (Wildman–Crippen MR) is 84.0 cm³/mol. The van der Waals surface area contributed by atoms with Gasteiger partial charge < -0.3 is 5.73 Å². The summed E-state index contributed by atoms with van der Waals surface area (Å²) in [7, 11) is -4.09. The summed E-state index contributed by atoms with van der Waals surface area (Å²) in [5.74, 6) is 0. The van der Waals surface area contributed by atoms with Crippen LogP contribution in [-0.2, 0) is 16.2 Å². The Hall–Kier alpha value is -1.34. The van der Waals surface area contributed by atoms with Gasteiger partial charge in [0.15, 0.2) is 0 Å². The van der Waals surface area contributed by atoms with Gasteiger partial charge in [-0.25, -0.2) is 8.42 Å². The molecule has 0 amide bonds. The number of nitriles is 1. The van der Waals surface area contributed by atoms with Crippen LogP contribution in [0.15, 0.2) is 23.1 Å². The number of benzene rings is 1. The average molecular weight is 384 g/mol. The maximum atomic E-state index is 13.0. The third-order valence-electron chi connectivity index (χ3n) is 3.87. The lowest BCUT2D eigenvalue weighted by molar-refractivity contribution is -0.137. The van der Waals surface area contributed by atoms with Crippen LogP contribution in [0.25, 0.3) is 0 Å². The number of sulfonamides is 1. The van der Waals surface area contributed by atoms with Crippen LogP contribution in [0.2, 0.25) is 0 Å². The van der Waals surface area contributed by atoms with E-state index < -0.39 is 38.3 Å². The summed E-state index contributed by atoms with van der Waals surface area (Å²) >= 11 is 0. The maximum absolute atomic E-state index is 13.0. The van der Waals surface area contributed by atoms with Crippen LogP contribution in [0.1, 0.15) is 30.4 Å². The molecule has 0 aromatic heterocycles. The Kier molecular flexibility index (Phi) is 6.64. The first-order valence-corrected chi connectivity index (χ1v) is 8.49. The number of piperidine rings is 1. The molecule has 1 aromatic rings. The second-order valence-electron chi connectivity index (χ2n) is 5.32. The zero-order valence-electron chi connectivity index (χ0n) is 12.6. The van der Waals surface area contributed by atoms with Crippen molar-refractivity contribution in [2.45, 2.75) is 36.4 Å². The van der Waals surface area contributed by atoms with Crippen molar-refractivity contribution in [1.29, 1.82) is 5.26 Å². The highest BCUT2D eigenvalue weighted by molar-refractivity contribution is 7.89. The van der Waals surface area contributed by atoms with Gasteiger partial charge in [0, 0.05) is 19.1 Å². The molecule has 10 heteroatoms. The van der Waals surface area contributed by atoms with Gasteiger partial charge in [-0.3, -0.25) is 0 Å². The minimum Gasteiger partial charge on any atom is -0.329 e. The predicted octanol–water partition coefficient (Wildman–Crippen LogP) is 2.50. The molecule has 1 atom stereocenters. The van der Waals surface area contributed by atoms with Gasteiger partial charge in [-0.2, -0.15) is 22.7 Å². The van der Waals surface area contributed by atoms with Gasteiger partial charge in [0.2, 0.25) is 10.0 Å². The topological polar surface area (TPSA) is 87.2 Å². The van der Waals surface area contributed by atoms with Crippen LogP contribution < -0.4 is 5.73 Å². The molecule has 1 fully saturated rings. The van der Waals surface area contributed by atoms with E-state index in [0.717, 1.165) is 22.9 Å². The monoisotopic (exact) mass is 383 g/mol. The Bertz CT molecular complexity index is 732. The largest absolute Gasteiger partial charge is 0.417 e. The summed E-state index contributed by atoms with van der Waals surface area (Å²) in [5.41, 5.74) is 3.73. The van der Waals surface area contributed by atoms with E-state index in [4.69, 9.17) is 11.0 Å². The minimum atomic E-state index is -4.80. The van der Waals surface area contributed by atoms with Gasteiger partial charge in [-0.05, 0) is 31.0 Å². The molecule has 1 heterocycles. The highest BCUT2D eigenvalue weighted by Gasteiger charge is 2.37. The van der Waals surface area contributed by atoms with Crippen molar-refractivity contribution in [3.63, 3.8) is 0 Å². The summed E-state index contributed by atoms with van der Waals surface area (Å²) in [4.78, 5) is -0.468. The number of nitrogens with zero attached hydrogens (tertiary/aromatic N) is 2. The minimum absolute atomic E-state index is 0. The number of nitrogens with two attached hydrogens (primary N) is 1. The lowest BCUT2D eigenvalue weighted by Gasteiger charge is -2.34. The fraction of sp³-hybridized carbons (Fsp3) is 0.500. The fourth-order valence-electron chi connectivity index (χ4n) is 2.68. The number of hydrogen-bond donors (Lipinski definition) is 1. The van der Waals surface area contributed by atoms with E-state index in [-0.39, 0.29) is 25.5 Å². The molecule has 0 saturated carbocycles. The Balaban J connectivity index is 0.00000288. The van der Waals surface area contributed by atoms with Gasteiger partial charge in [0.05, 0.1) is 22.1 Å². The molecule has 5 nitrogen and oxygen atoms in total. The van der Waals surface area contributed by atoms with E-state index in [0.29, 0.717) is 18.9 Å². The van der Waals surface area contributed by atoms with Gasteiger partial charge >= 0.3 is 6.18 Å². The molecule has 24 heavy (non-hydrogen) atoms. The number of rotatable bonds is 3. The Labute approximate surface area is 144 Å². The molecule has 134 valence electrons. The smallest absolute Gasteiger partial charge is 0.329 e. The van der Waals surface area contributed by atoms with Gasteiger partial charge in [-0.15, -0.1) is 12.4 Å². The molecule has 2 rings (SSSR count). The lowest BCUT2D eigenvalue weighted by Crippen LogP contribution is -2.47. The second kappa shape index (κ2) is 7.70. The Morgan fingerprint density at radius 1 is 1.33 bits per heavy atom. The normalized spacial score (nSPS) is 19.4. The molecule has 1 saturated heterocycles. The fourth-order valence-corrected chi connectivity index (χ4v) is 4.41. The number of alkyl halides is 3. The molecule has 1 aromatic carbocycles. The lowest BCUT2D eigenvalue weighted by atomic mass is 10.1. The van der Waals surface area contributed by atoms with Crippen molar-refractivity contribution in [3.05, 3.63) is 29.3 Å². The first-order valence-electron chi connectivity index (χ1n) is 7.05. The Morgan fingerprint density at radius 3 is 2.54 bits per heavy atom. The van der Waals surface area contributed by atoms with Crippen molar-refractivity contribution in [3.8, 4) is 6.07 Å². The van der Waals surface area contributed by atoms with Crippen molar-refractivity contribution >= 4 is 22.4 Å². The molecule has 1 aliphatic rings. The molecular weight excluding hydrogens is 367 g/mol. The summed E-state index contributed by atoms with van der Waals surface area (Å²) in [5, 5.41) is 8.78. The van der Waals surface area contributed by atoms with Crippen LogP contribution in [0, 0.1) is 11.3 Å². The Morgan fingerprint density at radius 2 is 2.00 bits per heavy atom. The van der Waals surface area contributed by atoms with Crippen LogP contribution in [0.4, 0.5) is 13.2 Å². The maximum Gasteiger partial charge on any atom is 0.417 e. The summed E-state index contributed by atoms with van der Waals surface area (Å²) in [6, 6.07) is 3.46. The van der Waals surface area contributed by atoms with Gasteiger partial charge in [0.25, 0.3) is 0 Å². The van der Waals surface area contributed by atoms with Crippen LogP contribution in [-0.4, -0.2) is 31.9 Å². The highest BCUT2D eigenvalue weighted by atomic mass is 35.5. The van der Waals surface area contributed by atoms with Crippen molar-refractivity contribution in [1.82, 2.24) is 4.31 Å². The van der Waals surface area contributed by atoms with E-state index in [9.17, 15) is 21.6 Å². The molecule has 0 aliphatic carbocycles. The van der Waals surface area contributed by atoms with E-state index in [1.807, 2.05) is 0 Å². The quantitative estimate of drug-likeness (QED) is 0.868.